The van der Waals surface area contributed by atoms with Crippen LogP contribution >= 0.6 is 0 Å². The first-order chi connectivity index (χ1) is 10.3. The molecule has 2 rings (SSSR count). The lowest BCUT2D eigenvalue weighted by atomic mass is 10.2. The molecule has 0 bridgehead atoms. The molecule has 0 saturated heterocycles. The summed E-state index contributed by atoms with van der Waals surface area (Å²) in [7, 11) is 0. The van der Waals surface area contributed by atoms with Gasteiger partial charge in [-0.25, -0.2) is 0 Å². The molecule has 1 aromatic heterocycles. The first-order valence-corrected chi connectivity index (χ1v) is 7.13. The van der Waals surface area contributed by atoms with Crippen LogP contribution in [0.3, 0.4) is 0 Å². The molecule has 0 spiro atoms. The van der Waals surface area contributed by atoms with Crippen molar-refractivity contribution in [3.63, 3.8) is 0 Å². The van der Waals surface area contributed by atoms with Crippen molar-refractivity contribution in [2.75, 3.05) is 19.7 Å². The quantitative estimate of drug-likeness (QED) is 0.676. The number of nitrogens with one attached hydrogen (secondary N) is 1. The maximum Gasteiger partial charge on any atom is 0.213 e. The number of benzene rings is 1. The first kappa shape index (κ1) is 15.5. The van der Waals surface area contributed by atoms with Crippen LogP contribution in [-0.4, -0.2) is 41.0 Å². The van der Waals surface area contributed by atoms with Gasteiger partial charge in [0.1, 0.15) is 18.5 Å². The SMILES string of the molecule is CCc1cccc(OCC(O)CNCCc2ncon2)c1. The molecule has 6 nitrogen and oxygen atoms in total. The molecule has 0 radical (unpaired) electrons. The van der Waals surface area contributed by atoms with Crippen molar-refractivity contribution in [2.24, 2.45) is 0 Å². The summed E-state index contributed by atoms with van der Waals surface area (Å²) in [5.41, 5.74) is 1.22. The lowest BCUT2D eigenvalue weighted by Crippen LogP contribution is -2.32. The Morgan fingerprint density at radius 3 is 3.10 bits per heavy atom. The zero-order valence-corrected chi connectivity index (χ0v) is 12.2. The van der Waals surface area contributed by atoms with Crippen molar-refractivity contribution < 1.29 is 14.4 Å². The van der Waals surface area contributed by atoms with Crippen molar-refractivity contribution in [3.05, 3.63) is 42.0 Å². The minimum absolute atomic E-state index is 0.266. The molecule has 1 atom stereocenters. The minimum atomic E-state index is -0.555. The van der Waals surface area contributed by atoms with Crippen LogP contribution in [0.15, 0.2) is 35.2 Å². The van der Waals surface area contributed by atoms with E-state index in [2.05, 4.69) is 33.0 Å². The Morgan fingerprint density at radius 2 is 2.33 bits per heavy atom. The highest BCUT2D eigenvalue weighted by Crippen LogP contribution is 2.13. The molecule has 0 aliphatic rings. The smallest absolute Gasteiger partial charge is 0.213 e. The van der Waals surface area contributed by atoms with Crippen molar-refractivity contribution in [3.8, 4) is 5.75 Å². The summed E-state index contributed by atoms with van der Waals surface area (Å²) in [5, 5.41) is 16.7. The molecule has 2 aromatic rings. The third kappa shape index (κ3) is 5.53. The van der Waals surface area contributed by atoms with Gasteiger partial charge in [0, 0.05) is 19.5 Å². The van der Waals surface area contributed by atoms with Crippen LogP contribution in [0.4, 0.5) is 0 Å². The number of hydrogen-bond acceptors (Lipinski definition) is 6. The van der Waals surface area contributed by atoms with Gasteiger partial charge in [-0.05, 0) is 24.1 Å². The van der Waals surface area contributed by atoms with Gasteiger partial charge in [0.05, 0.1) is 0 Å². The van der Waals surface area contributed by atoms with Gasteiger partial charge in [-0.15, -0.1) is 0 Å². The van der Waals surface area contributed by atoms with E-state index in [1.54, 1.807) is 0 Å². The molecule has 1 heterocycles. The van der Waals surface area contributed by atoms with Crippen LogP contribution in [0, 0.1) is 0 Å². The molecule has 114 valence electrons. The number of aliphatic hydroxyl groups is 1. The highest BCUT2D eigenvalue weighted by Gasteiger charge is 2.06. The van der Waals surface area contributed by atoms with Crippen LogP contribution in [-0.2, 0) is 12.8 Å². The van der Waals surface area contributed by atoms with Gasteiger partial charge in [0.2, 0.25) is 6.39 Å². The molecular weight excluding hydrogens is 270 g/mol. The highest BCUT2D eigenvalue weighted by atomic mass is 16.5. The fourth-order valence-corrected chi connectivity index (χ4v) is 1.88. The number of aliphatic hydroxyl groups excluding tert-OH is 1. The fraction of sp³-hybridized carbons (Fsp3) is 0.467. The molecule has 0 aliphatic heterocycles. The van der Waals surface area contributed by atoms with E-state index in [9.17, 15) is 5.11 Å². The normalized spacial score (nSPS) is 12.3. The van der Waals surface area contributed by atoms with Crippen LogP contribution in [0.5, 0.6) is 5.75 Å². The van der Waals surface area contributed by atoms with Crippen molar-refractivity contribution in [1.82, 2.24) is 15.5 Å². The lowest BCUT2D eigenvalue weighted by molar-refractivity contribution is 0.106. The van der Waals surface area contributed by atoms with E-state index in [1.165, 1.54) is 12.0 Å². The molecule has 1 unspecified atom stereocenters. The van der Waals surface area contributed by atoms with Gasteiger partial charge in [0.25, 0.3) is 0 Å². The Kier molecular flexibility index (Phi) is 6.18. The summed E-state index contributed by atoms with van der Waals surface area (Å²) in [6, 6.07) is 7.92. The van der Waals surface area contributed by atoms with Crippen LogP contribution in [0.1, 0.15) is 18.3 Å². The monoisotopic (exact) mass is 291 g/mol. The zero-order valence-electron chi connectivity index (χ0n) is 12.2. The predicted octanol–water partition coefficient (Wildman–Crippen LogP) is 1.20. The van der Waals surface area contributed by atoms with Crippen molar-refractivity contribution in [2.45, 2.75) is 25.9 Å². The Labute approximate surface area is 124 Å². The molecule has 0 fully saturated rings. The van der Waals surface area contributed by atoms with Crippen LogP contribution in [0.25, 0.3) is 0 Å². The van der Waals surface area contributed by atoms with Gasteiger partial charge in [-0.3, -0.25) is 0 Å². The fourth-order valence-electron chi connectivity index (χ4n) is 1.88. The van der Waals surface area contributed by atoms with E-state index in [-0.39, 0.29) is 6.61 Å². The largest absolute Gasteiger partial charge is 0.491 e. The standard InChI is InChI=1S/C15H21N3O3/c1-2-12-4-3-5-14(8-12)20-10-13(19)9-16-7-6-15-17-11-21-18-15/h3-5,8,11,13,16,19H,2,6-7,9-10H2,1H3. The average molecular weight is 291 g/mol. The summed E-state index contributed by atoms with van der Waals surface area (Å²) in [6.45, 7) is 3.51. The van der Waals surface area contributed by atoms with E-state index in [0.29, 0.717) is 25.3 Å². The Bertz CT molecular complexity index is 517. The number of nitrogens with zero attached hydrogens (tertiary/aromatic N) is 2. The van der Waals surface area contributed by atoms with Crippen LogP contribution < -0.4 is 10.1 Å². The maximum absolute atomic E-state index is 9.86. The molecule has 21 heavy (non-hydrogen) atoms. The van der Waals surface area contributed by atoms with Gasteiger partial charge >= 0.3 is 0 Å². The van der Waals surface area contributed by atoms with E-state index in [0.717, 1.165) is 12.2 Å². The minimum Gasteiger partial charge on any atom is -0.491 e. The van der Waals surface area contributed by atoms with E-state index in [4.69, 9.17) is 4.74 Å². The topological polar surface area (TPSA) is 80.4 Å². The number of aryl methyl sites for hydroxylation is 1. The van der Waals surface area contributed by atoms with Gasteiger partial charge in [0.15, 0.2) is 5.82 Å². The Morgan fingerprint density at radius 1 is 1.43 bits per heavy atom. The second kappa shape index (κ2) is 8.39. The molecule has 1 aromatic carbocycles. The van der Waals surface area contributed by atoms with E-state index >= 15 is 0 Å². The lowest BCUT2D eigenvalue weighted by Gasteiger charge is -2.13. The Balaban J connectivity index is 1.61. The Hall–Kier alpha value is -1.92. The predicted molar refractivity (Wildman–Crippen MR) is 78.2 cm³/mol. The number of hydrogen-bond donors (Lipinski definition) is 2. The number of rotatable bonds is 9. The third-order valence-electron chi connectivity index (χ3n) is 3.06. The summed E-state index contributed by atoms with van der Waals surface area (Å²) >= 11 is 0. The molecule has 0 aliphatic carbocycles. The maximum atomic E-state index is 9.86. The summed E-state index contributed by atoms with van der Waals surface area (Å²) in [5.74, 6) is 1.45. The van der Waals surface area contributed by atoms with E-state index in [1.807, 2.05) is 18.2 Å². The molecule has 2 N–H and O–H groups in total. The number of ether oxygens (including phenoxy) is 1. The second-order valence-corrected chi connectivity index (χ2v) is 4.77. The third-order valence-corrected chi connectivity index (χ3v) is 3.06. The van der Waals surface area contributed by atoms with Gasteiger partial charge in [-0.2, -0.15) is 4.98 Å². The molecule has 0 saturated carbocycles. The summed E-state index contributed by atoms with van der Waals surface area (Å²) < 4.78 is 10.2. The van der Waals surface area contributed by atoms with Crippen molar-refractivity contribution >= 4 is 0 Å². The highest BCUT2D eigenvalue weighted by molar-refractivity contribution is 5.28. The number of aromatic nitrogens is 2. The second-order valence-electron chi connectivity index (χ2n) is 4.77. The first-order valence-electron chi connectivity index (χ1n) is 7.13. The van der Waals surface area contributed by atoms with Crippen LogP contribution in [0.2, 0.25) is 0 Å². The average Bonchev–Trinajstić information content (AvgIpc) is 3.03. The zero-order chi connectivity index (χ0) is 14.9. The summed E-state index contributed by atoms with van der Waals surface area (Å²) in [4.78, 5) is 3.92. The molecule has 0 amide bonds. The van der Waals surface area contributed by atoms with Crippen molar-refractivity contribution in [1.29, 1.82) is 0 Å². The van der Waals surface area contributed by atoms with Gasteiger partial charge < -0.3 is 19.7 Å². The van der Waals surface area contributed by atoms with Gasteiger partial charge in [-0.1, -0.05) is 24.2 Å². The van der Waals surface area contributed by atoms with E-state index < -0.39 is 6.10 Å². The molecule has 6 heteroatoms. The summed E-state index contributed by atoms with van der Waals surface area (Å²) in [6.07, 6.45) is 2.39. The molecular formula is C15H21N3O3.